The zero-order valence-electron chi connectivity index (χ0n) is 9.84. The van der Waals surface area contributed by atoms with E-state index in [1.807, 2.05) is 0 Å². The largest absolute Gasteiger partial charge is 0.262 e. The Kier molecular flexibility index (Phi) is 3.83. The summed E-state index contributed by atoms with van der Waals surface area (Å²) in [5.41, 5.74) is 0. The molecule has 0 amide bonds. The molecular formula is C10H10ClFN4O2S. The number of sulfonamides is 1. The maximum atomic E-state index is 13.1. The van der Waals surface area contributed by atoms with Crippen LogP contribution in [-0.2, 0) is 16.6 Å². The van der Waals surface area contributed by atoms with Gasteiger partial charge in [-0.05, 0) is 18.2 Å². The molecule has 0 aliphatic rings. The molecule has 9 heteroatoms. The highest BCUT2D eigenvalue weighted by Crippen LogP contribution is 2.25. The van der Waals surface area contributed by atoms with Crippen LogP contribution in [0, 0.1) is 5.82 Å². The SMILES string of the molecule is CN(Cc1ncn[nH]1)S(=O)(=O)c1cc(F)ccc1Cl. The molecule has 0 bridgehead atoms. The molecule has 102 valence electrons. The van der Waals surface area contributed by atoms with E-state index in [0.29, 0.717) is 5.82 Å². The maximum Gasteiger partial charge on any atom is 0.244 e. The number of benzene rings is 1. The predicted octanol–water partition coefficient (Wildman–Crippen LogP) is 1.42. The van der Waals surface area contributed by atoms with Crippen molar-refractivity contribution in [1.82, 2.24) is 19.5 Å². The van der Waals surface area contributed by atoms with Gasteiger partial charge in [0, 0.05) is 7.05 Å². The summed E-state index contributed by atoms with van der Waals surface area (Å²) < 4.78 is 38.6. The van der Waals surface area contributed by atoms with E-state index in [-0.39, 0.29) is 16.5 Å². The van der Waals surface area contributed by atoms with Gasteiger partial charge in [0.15, 0.2) is 0 Å². The third-order valence-corrected chi connectivity index (χ3v) is 4.70. The van der Waals surface area contributed by atoms with Gasteiger partial charge in [0.2, 0.25) is 10.0 Å². The Morgan fingerprint density at radius 2 is 2.21 bits per heavy atom. The highest BCUT2D eigenvalue weighted by Gasteiger charge is 2.25. The second kappa shape index (κ2) is 5.24. The standard InChI is InChI=1S/C10H10ClFN4O2S/c1-16(5-10-13-6-14-15-10)19(17,18)9-4-7(12)2-3-8(9)11/h2-4,6H,5H2,1H3,(H,13,14,15). The number of aromatic nitrogens is 3. The molecule has 1 aromatic heterocycles. The van der Waals surface area contributed by atoms with E-state index in [1.165, 1.54) is 19.4 Å². The Morgan fingerprint density at radius 1 is 1.47 bits per heavy atom. The zero-order valence-corrected chi connectivity index (χ0v) is 11.4. The van der Waals surface area contributed by atoms with Crippen LogP contribution in [0.4, 0.5) is 4.39 Å². The summed E-state index contributed by atoms with van der Waals surface area (Å²) in [5, 5.41) is 6.13. The molecule has 0 spiro atoms. The minimum absolute atomic E-state index is 0.0187. The lowest BCUT2D eigenvalue weighted by atomic mass is 10.3. The van der Waals surface area contributed by atoms with Crippen LogP contribution < -0.4 is 0 Å². The quantitative estimate of drug-likeness (QED) is 0.926. The van der Waals surface area contributed by atoms with E-state index in [9.17, 15) is 12.8 Å². The summed E-state index contributed by atoms with van der Waals surface area (Å²) in [7, 11) is -2.55. The van der Waals surface area contributed by atoms with Gasteiger partial charge in [-0.1, -0.05) is 11.6 Å². The summed E-state index contributed by atoms with van der Waals surface area (Å²) in [6.07, 6.45) is 1.27. The molecular weight excluding hydrogens is 295 g/mol. The smallest absolute Gasteiger partial charge is 0.244 e. The molecule has 0 radical (unpaired) electrons. The monoisotopic (exact) mass is 304 g/mol. The van der Waals surface area contributed by atoms with Crippen molar-refractivity contribution in [3.8, 4) is 0 Å². The van der Waals surface area contributed by atoms with Crippen molar-refractivity contribution < 1.29 is 12.8 Å². The molecule has 0 aliphatic carbocycles. The van der Waals surface area contributed by atoms with Crippen LogP contribution in [0.15, 0.2) is 29.4 Å². The van der Waals surface area contributed by atoms with E-state index in [2.05, 4.69) is 15.2 Å². The van der Waals surface area contributed by atoms with Crippen molar-refractivity contribution in [2.45, 2.75) is 11.4 Å². The summed E-state index contributed by atoms with van der Waals surface area (Å²) in [6, 6.07) is 3.18. The number of halogens is 2. The molecule has 6 nitrogen and oxygen atoms in total. The first-order valence-corrected chi connectivity index (χ1v) is 6.98. The Bertz CT molecular complexity index is 675. The minimum atomic E-state index is -3.89. The van der Waals surface area contributed by atoms with Crippen LogP contribution in [-0.4, -0.2) is 35.0 Å². The van der Waals surface area contributed by atoms with Crippen LogP contribution in [0.2, 0.25) is 5.02 Å². The van der Waals surface area contributed by atoms with Gasteiger partial charge in [0.05, 0.1) is 11.6 Å². The molecule has 1 N–H and O–H groups in total. The number of hydrogen-bond acceptors (Lipinski definition) is 4. The average molecular weight is 305 g/mol. The minimum Gasteiger partial charge on any atom is -0.262 e. The highest BCUT2D eigenvalue weighted by atomic mass is 35.5. The number of H-pyrrole nitrogens is 1. The van der Waals surface area contributed by atoms with Gasteiger partial charge in [0.1, 0.15) is 22.9 Å². The van der Waals surface area contributed by atoms with Gasteiger partial charge in [-0.25, -0.2) is 17.8 Å². The summed E-state index contributed by atoms with van der Waals surface area (Å²) in [5.74, 6) is -0.297. The second-order valence-corrected chi connectivity index (χ2v) is 6.19. The van der Waals surface area contributed by atoms with Crippen molar-refractivity contribution in [2.75, 3.05) is 7.05 Å². The lowest BCUT2D eigenvalue weighted by Crippen LogP contribution is -2.27. The normalized spacial score (nSPS) is 12.0. The van der Waals surface area contributed by atoms with Crippen LogP contribution in [0.3, 0.4) is 0 Å². The van der Waals surface area contributed by atoms with Crippen molar-refractivity contribution in [3.63, 3.8) is 0 Å². The first kappa shape index (κ1) is 13.9. The predicted molar refractivity (Wildman–Crippen MR) is 66.4 cm³/mol. The number of aromatic amines is 1. The topological polar surface area (TPSA) is 79.0 Å². The first-order valence-electron chi connectivity index (χ1n) is 5.17. The van der Waals surface area contributed by atoms with Gasteiger partial charge in [0.25, 0.3) is 0 Å². The van der Waals surface area contributed by atoms with E-state index in [0.717, 1.165) is 16.4 Å². The molecule has 0 saturated carbocycles. The Labute approximate surface area is 114 Å². The molecule has 0 aliphatic heterocycles. The zero-order chi connectivity index (χ0) is 14.0. The third-order valence-electron chi connectivity index (χ3n) is 2.42. The van der Waals surface area contributed by atoms with Gasteiger partial charge in [-0.2, -0.15) is 9.40 Å². The lowest BCUT2D eigenvalue weighted by Gasteiger charge is -2.16. The van der Waals surface area contributed by atoms with Crippen LogP contribution in [0.5, 0.6) is 0 Å². The van der Waals surface area contributed by atoms with Gasteiger partial charge in [-0.3, -0.25) is 5.10 Å². The molecule has 0 fully saturated rings. The third kappa shape index (κ3) is 2.91. The van der Waals surface area contributed by atoms with Crippen molar-refractivity contribution in [3.05, 3.63) is 41.2 Å². The van der Waals surface area contributed by atoms with Gasteiger partial charge >= 0.3 is 0 Å². The summed E-state index contributed by atoms with van der Waals surface area (Å²) in [4.78, 5) is 3.54. The van der Waals surface area contributed by atoms with Gasteiger partial charge in [-0.15, -0.1) is 0 Å². The molecule has 0 atom stereocenters. The summed E-state index contributed by atoms with van der Waals surface area (Å²) >= 11 is 5.80. The Balaban J connectivity index is 2.33. The molecule has 2 rings (SSSR count). The van der Waals surface area contributed by atoms with Crippen LogP contribution in [0.1, 0.15) is 5.82 Å². The Hall–Kier alpha value is -1.51. The first-order chi connectivity index (χ1) is 8.91. The summed E-state index contributed by atoms with van der Waals surface area (Å²) in [6.45, 7) is -0.0187. The highest BCUT2D eigenvalue weighted by molar-refractivity contribution is 7.89. The van der Waals surface area contributed by atoms with E-state index in [4.69, 9.17) is 11.6 Å². The van der Waals surface area contributed by atoms with Crippen LogP contribution in [0.25, 0.3) is 0 Å². The fourth-order valence-electron chi connectivity index (χ4n) is 1.45. The average Bonchev–Trinajstić information content (AvgIpc) is 2.85. The van der Waals surface area contributed by atoms with E-state index in [1.54, 1.807) is 0 Å². The Morgan fingerprint density at radius 3 is 2.84 bits per heavy atom. The van der Waals surface area contributed by atoms with E-state index < -0.39 is 15.8 Å². The van der Waals surface area contributed by atoms with Crippen molar-refractivity contribution >= 4 is 21.6 Å². The fourth-order valence-corrected chi connectivity index (χ4v) is 3.06. The maximum absolute atomic E-state index is 13.1. The van der Waals surface area contributed by atoms with Crippen molar-refractivity contribution in [2.24, 2.45) is 0 Å². The van der Waals surface area contributed by atoms with Crippen molar-refractivity contribution in [1.29, 1.82) is 0 Å². The van der Waals surface area contributed by atoms with E-state index >= 15 is 0 Å². The fraction of sp³-hybridized carbons (Fsp3) is 0.200. The number of rotatable bonds is 4. The number of nitrogens with zero attached hydrogens (tertiary/aromatic N) is 3. The lowest BCUT2D eigenvalue weighted by molar-refractivity contribution is 0.456. The number of nitrogens with one attached hydrogen (secondary N) is 1. The molecule has 0 saturated heterocycles. The van der Waals surface area contributed by atoms with Crippen LogP contribution >= 0.6 is 11.6 Å². The van der Waals surface area contributed by atoms with Gasteiger partial charge < -0.3 is 0 Å². The molecule has 0 unspecified atom stereocenters. The second-order valence-electron chi connectivity index (χ2n) is 3.77. The molecule has 1 heterocycles. The molecule has 1 aromatic carbocycles. The number of hydrogen-bond donors (Lipinski definition) is 1. The molecule has 2 aromatic rings. The molecule has 19 heavy (non-hydrogen) atoms.